The third-order valence-electron chi connectivity index (χ3n) is 6.09. The van der Waals surface area contributed by atoms with E-state index in [1.54, 1.807) is 0 Å². The zero-order valence-electron chi connectivity index (χ0n) is 23.3. The van der Waals surface area contributed by atoms with E-state index in [1.807, 2.05) is 0 Å². The van der Waals surface area contributed by atoms with Gasteiger partial charge < -0.3 is 0 Å². The predicted octanol–water partition coefficient (Wildman–Crippen LogP) is 3.61. The summed E-state index contributed by atoms with van der Waals surface area (Å²) in [4.78, 5) is 15.0. The number of carbonyl (C=O) groups excluding carboxylic acids is 2. The van der Waals surface area contributed by atoms with Gasteiger partial charge in [-0.25, -0.2) is 0 Å². The van der Waals surface area contributed by atoms with E-state index in [4.69, 9.17) is 9.59 Å². The summed E-state index contributed by atoms with van der Waals surface area (Å²) in [5, 5.41) is 0. The summed E-state index contributed by atoms with van der Waals surface area (Å²) in [5.74, 6) is 0. The Balaban J connectivity index is 0.000000264. The van der Waals surface area contributed by atoms with Crippen LogP contribution in [0.25, 0.3) is 0 Å². The van der Waals surface area contributed by atoms with Crippen LogP contribution in [0.4, 0.5) is 0 Å². The first-order valence-corrected chi connectivity index (χ1v) is 18.8. The molecule has 6 aromatic carbocycles. The molecule has 43 heavy (non-hydrogen) atoms. The normalized spacial score (nSPS) is 9.53. The summed E-state index contributed by atoms with van der Waals surface area (Å²) >= 11 is -2.78. The molecule has 0 saturated carbocycles. The Morgan fingerprint density at radius 3 is 0.488 bits per heavy atom. The summed E-state index contributed by atoms with van der Waals surface area (Å²) in [5.41, 5.74) is 0. The van der Waals surface area contributed by atoms with Crippen LogP contribution in [0.2, 0.25) is 0 Å². The van der Waals surface area contributed by atoms with Crippen molar-refractivity contribution in [1.82, 2.24) is 0 Å². The molecule has 0 aliphatic heterocycles. The molecule has 0 saturated heterocycles. The Morgan fingerprint density at radius 1 is 0.256 bits per heavy atom. The van der Waals surface area contributed by atoms with Crippen molar-refractivity contribution in [3.63, 3.8) is 0 Å². The quantitative estimate of drug-likeness (QED) is 0.246. The second-order valence-electron chi connectivity index (χ2n) is 8.68. The average Bonchev–Trinajstić information content (AvgIpc) is 3.10. The minimum absolute atomic E-state index is 0. The summed E-state index contributed by atoms with van der Waals surface area (Å²) in [6.07, 6.45) is 0. The van der Waals surface area contributed by atoms with E-state index >= 15 is 0 Å². The number of hydrogen-bond donors (Lipinski definition) is 0. The standard InChI is InChI=1S/2C18H15As.2CO.Ni/c2*1-4-10-16(11-5-1)19(17-12-6-2-7-13-17)18-14-8-3-9-15-18;2*1-2;/h2*1-15H;;;. The fourth-order valence-corrected chi connectivity index (χ4v) is 14.0. The molecule has 6 rings (SSSR count). The van der Waals surface area contributed by atoms with Gasteiger partial charge in [-0.2, -0.15) is 0 Å². The van der Waals surface area contributed by atoms with Crippen molar-refractivity contribution in [3.8, 4) is 0 Å². The maximum absolute atomic E-state index is 7.50. The first-order valence-electron chi connectivity index (χ1n) is 13.2. The van der Waals surface area contributed by atoms with E-state index in [0.717, 1.165) is 0 Å². The second kappa shape index (κ2) is 21.0. The fraction of sp³-hybridized carbons (Fsp3) is 0. The zero-order valence-corrected chi connectivity index (χ0v) is 28.1. The van der Waals surface area contributed by atoms with Crippen molar-refractivity contribution in [2.45, 2.75) is 0 Å². The zero-order chi connectivity index (χ0) is 29.8. The molecule has 214 valence electrons. The molecule has 2 nitrogen and oxygen atoms in total. The first kappa shape index (κ1) is 35.5. The van der Waals surface area contributed by atoms with Crippen molar-refractivity contribution >= 4 is 69.0 Å². The Morgan fingerprint density at radius 2 is 0.372 bits per heavy atom. The molecular weight excluding hydrogens is 697 g/mol. The van der Waals surface area contributed by atoms with Crippen molar-refractivity contribution in [3.05, 3.63) is 182 Å². The SMILES string of the molecule is [C]=O.[C]=O.[Ni].c1ccc([As](c2ccccc2)c2ccccc2)cc1.c1ccc([As](c2ccccc2)c2ccccc2)cc1. The molecule has 0 N–H and O–H groups in total. The Hall–Kier alpha value is -3.73. The van der Waals surface area contributed by atoms with Crippen LogP contribution in [-0.2, 0) is 26.1 Å². The van der Waals surface area contributed by atoms with Crippen LogP contribution in [0.15, 0.2) is 182 Å². The average molecular weight is 727 g/mol. The van der Waals surface area contributed by atoms with Gasteiger partial charge in [0.2, 0.25) is 0 Å². The molecule has 5 heteroatoms. The molecule has 4 radical (unpaired) electrons. The summed E-state index contributed by atoms with van der Waals surface area (Å²) < 4.78 is 8.87. The number of hydrogen-bond acceptors (Lipinski definition) is 2. The van der Waals surface area contributed by atoms with Crippen LogP contribution in [0.5, 0.6) is 0 Å². The van der Waals surface area contributed by atoms with Gasteiger partial charge in [-0.3, -0.25) is 9.59 Å². The summed E-state index contributed by atoms with van der Waals surface area (Å²) in [7, 11) is 0. The van der Waals surface area contributed by atoms with Crippen molar-refractivity contribution < 1.29 is 26.1 Å². The van der Waals surface area contributed by atoms with Crippen LogP contribution in [-0.4, -0.2) is 42.9 Å². The Bertz CT molecular complexity index is 1220. The van der Waals surface area contributed by atoms with E-state index in [0.29, 0.717) is 0 Å². The second-order valence-corrected chi connectivity index (χ2v) is 18.0. The van der Waals surface area contributed by atoms with Crippen LogP contribution < -0.4 is 26.1 Å². The van der Waals surface area contributed by atoms with Gasteiger partial charge in [-0.1, -0.05) is 0 Å². The van der Waals surface area contributed by atoms with Crippen LogP contribution in [0.1, 0.15) is 0 Å². The van der Waals surface area contributed by atoms with Crippen molar-refractivity contribution in [2.75, 3.05) is 0 Å². The third-order valence-corrected chi connectivity index (χ3v) is 16.3. The third kappa shape index (κ3) is 10.8. The molecule has 0 aromatic heterocycles. The van der Waals surface area contributed by atoms with E-state index in [1.165, 1.54) is 26.1 Å². The van der Waals surface area contributed by atoms with Crippen molar-refractivity contribution in [1.29, 1.82) is 0 Å². The Kier molecular flexibility index (Phi) is 17.4. The molecular formula is C38H30As2NiO2. The van der Waals surface area contributed by atoms with Gasteiger partial charge in [-0.15, -0.1) is 0 Å². The topological polar surface area (TPSA) is 34.1 Å². The van der Waals surface area contributed by atoms with Gasteiger partial charge in [0.15, 0.2) is 0 Å². The van der Waals surface area contributed by atoms with E-state index in [-0.39, 0.29) is 16.5 Å². The van der Waals surface area contributed by atoms with Gasteiger partial charge in [-0.05, 0) is 0 Å². The van der Waals surface area contributed by atoms with Gasteiger partial charge in [0.05, 0.1) is 0 Å². The van der Waals surface area contributed by atoms with E-state index in [2.05, 4.69) is 196 Å². The van der Waals surface area contributed by atoms with Crippen LogP contribution in [0, 0.1) is 0 Å². The van der Waals surface area contributed by atoms with E-state index in [9.17, 15) is 0 Å². The maximum atomic E-state index is 7.50. The summed E-state index contributed by atoms with van der Waals surface area (Å²) in [6.45, 7) is 9.00. The first-order chi connectivity index (χ1) is 20.9. The Labute approximate surface area is 275 Å². The molecule has 6 aromatic rings. The van der Waals surface area contributed by atoms with Crippen LogP contribution >= 0.6 is 0 Å². The molecule has 0 heterocycles. The number of rotatable bonds is 6. The molecule has 0 unspecified atom stereocenters. The van der Waals surface area contributed by atoms with Gasteiger partial charge in [0.25, 0.3) is 13.6 Å². The molecule has 0 atom stereocenters. The van der Waals surface area contributed by atoms with E-state index < -0.39 is 29.3 Å². The van der Waals surface area contributed by atoms with Gasteiger partial charge in [0, 0.05) is 16.5 Å². The molecule has 0 spiro atoms. The molecule has 0 fully saturated rings. The van der Waals surface area contributed by atoms with Gasteiger partial charge >= 0.3 is 237 Å². The van der Waals surface area contributed by atoms with Gasteiger partial charge in [0.1, 0.15) is 0 Å². The van der Waals surface area contributed by atoms with Crippen LogP contribution in [0.3, 0.4) is 0 Å². The van der Waals surface area contributed by atoms with Crippen molar-refractivity contribution in [2.24, 2.45) is 0 Å². The molecule has 0 aliphatic carbocycles. The monoisotopic (exact) mass is 726 g/mol. The molecule has 0 amide bonds. The fourth-order valence-electron chi connectivity index (χ4n) is 4.36. The minimum atomic E-state index is -1.39. The summed E-state index contributed by atoms with van der Waals surface area (Å²) in [6, 6.07) is 65.4. The number of benzene rings is 6. The molecule has 0 bridgehead atoms. The molecule has 0 aliphatic rings. The predicted molar refractivity (Wildman–Crippen MR) is 179 cm³/mol.